The summed E-state index contributed by atoms with van der Waals surface area (Å²) < 4.78 is 0. The minimum Gasteiger partial charge on any atom is -0.393 e. The van der Waals surface area contributed by atoms with Gasteiger partial charge in [-0.1, -0.05) is 6.07 Å². The number of rotatable bonds is 4. The van der Waals surface area contributed by atoms with E-state index in [9.17, 15) is 14.9 Å². The van der Waals surface area contributed by atoms with Gasteiger partial charge in [0.1, 0.15) is 11.3 Å². The fraction of sp³-hybridized carbons (Fsp3) is 0.154. The molecule has 0 fully saturated rings. The first-order valence-corrected chi connectivity index (χ1v) is 6.77. The Hall–Kier alpha value is -2.41. The predicted octanol–water partition coefficient (Wildman–Crippen LogP) is 2.48. The van der Waals surface area contributed by atoms with Crippen LogP contribution in [0.3, 0.4) is 0 Å². The smallest absolute Gasteiger partial charge is 0.304 e. The summed E-state index contributed by atoms with van der Waals surface area (Å²) >= 11 is 1.54. The molecule has 0 saturated heterocycles. The quantitative estimate of drug-likeness (QED) is 0.513. The zero-order chi connectivity index (χ0) is 14.7. The van der Waals surface area contributed by atoms with Gasteiger partial charge in [0.05, 0.1) is 4.92 Å². The van der Waals surface area contributed by atoms with Crippen molar-refractivity contribution in [1.82, 2.24) is 5.32 Å². The van der Waals surface area contributed by atoms with Crippen molar-refractivity contribution in [3.63, 3.8) is 0 Å². The minimum atomic E-state index is -0.639. The molecule has 0 aliphatic carbocycles. The van der Waals surface area contributed by atoms with Gasteiger partial charge in [-0.15, -0.1) is 0 Å². The van der Waals surface area contributed by atoms with Crippen LogP contribution in [0, 0.1) is 17.0 Å². The van der Waals surface area contributed by atoms with Crippen LogP contribution >= 0.6 is 11.3 Å². The Bertz CT molecular complexity index is 667. The number of benzene rings is 1. The Morgan fingerprint density at radius 2 is 2.20 bits per heavy atom. The summed E-state index contributed by atoms with van der Waals surface area (Å²) in [6.07, 6.45) is 0. The topological polar surface area (TPSA) is 98.3 Å². The molecule has 3 N–H and O–H groups in total. The summed E-state index contributed by atoms with van der Waals surface area (Å²) in [5.41, 5.74) is 7.23. The molecule has 0 aliphatic rings. The van der Waals surface area contributed by atoms with Gasteiger partial charge in [-0.25, -0.2) is 0 Å². The lowest BCUT2D eigenvalue weighted by Gasteiger charge is -2.07. The van der Waals surface area contributed by atoms with E-state index in [-0.39, 0.29) is 16.9 Å². The molecule has 0 bridgehead atoms. The van der Waals surface area contributed by atoms with Gasteiger partial charge in [0.25, 0.3) is 5.91 Å². The number of nitrogens with two attached hydrogens (primary N) is 1. The lowest BCUT2D eigenvalue weighted by molar-refractivity contribution is -0.384. The Labute approximate surface area is 119 Å². The van der Waals surface area contributed by atoms with Crippen molar-refractivity contribution >= 4 is 28.6 Å². The summed E-state index contributed by atoms with van der Waals surface area (Å²) in [6.45, 7) is 2.28. The highest BCUT2D eigenvalue weighted by atomic mass is 32.1. The summed E-state index contributed by atoms with van der Waals surface area (Å²) in [5, 5.41) is 17.6. The minimum absolute atomic E-state index is 0.0191. The SMILES string of the molecule is Cc1cscc1CNC(=O)c1cccc(N)c1[N+](=O)[O-]. The maximum Gasteiger partial charge on any atom is 0.304 e. The number of carbonyl (C=O) groups excluding carboxylic acids is 1. The largest absolute Gasteiger partial charge is 0.393 e. The number of amides is 1. The predicted molar refractivity (Wildman–Crippen MR) is 77.7 cm³/mol. The number of thiophene rings is 1. The van der Waals surface area contributed by atoms with Crippen LogP contribution in [-0.4, -0.2) is 10.8 Å². The average Bonchev–Trinajstić information content (AvgIpc) is 2.80. The van der Waals surface area contributed by atoms with E-state index in [4.69, 9.17) is 5.73 Å². The second-order valence-electron chi connectivity index (χ2n) is 4.26. The number of nitrogens with one attached hydrogen (secondary N) is 1. The first-order chi connectivity index (χ1) is 9.50. The Balaban J connectivity index is 2.20. The maximum atomic E-state index is 12.1. The molecule has 104 valence electrons. The van der Waals surface area contributed by atoms with Crippen LogP contribution in [0.5, 0.6) is 0 Å². The first-order valence-electron chi connectivity index (χ1n) is 5.83. The summed E-state index contributed by atoms with van der Waals surface area (Å²) in [6, 6.07) is 4.31. The fourth-order valence-corrected chi connectivity index (χ4v) is 2.64. The molecule has 6 nitrogen and oxygen atoms in total. The van der Waals surface area contributed by atoms with Crippen molar-refractivity contribution in [1.29, 1.82) is 0 Å². The molecule has 1 aromatic carbocycles. The normalized spacial score (nSPS) is 10.2. The molecule has 0 spiro atoms. The third kappa shape index (κ3) is 2.77. The van der Waals surface area contributed by atoms with E-state index in [2.05, 4.69) is 5.32 Å². The van der Waals surface area contributed by atoms with Crippen molar-refractivity contribution in [3.8, 4) is 0 Å². The highest BCUT2D eigenvalue weighted by Crippen LogP contribution is 2.25. The van der Waals surface area contributed by atoms with Crippen LogP contribution in [0.2, 0.25) is 0 Å². The monoisotopic (exact) mass is 291 g/mol. The number of hydrogen-bond donors (Lipinski definition) is 2. The molecule has 2 aromatic rings. The Morgan fingerprint density at radius 3 is 2.80 bits per heavy atom. The maximum absolute atomic E-state index is 12.1. The third-order valence-electron chi connectivity index (χ3n) is 2.90. The van der Waals surface area contributed by atoms with Gasteiger partial charge in [0.2, 0.25) is 0 Å². The molecular formula is C13H13N3O3S. The van der Waals surface area contributed by atoms with Crippen LogP contribution in [0.4, 0.5) is 11.4 Å². The third-order valence-corrected chi connectivity index (χ3v) is 3.81. The van der Waals surface area contributed by atoms with E-state index in [1.807, 2.05) is 17.7 Å². The summed E-state index contributed by atoms with van der Waals surface area (Å²) in [7, 11) is 0. The van der Waals surface area contributed by atoms with E-state index in [1.54, 1.807) is 11.3 Å². The van der Waals surface area contributed by atoms with Gasteiger partial charge >= 0.3 is 5.69 Å². The summed E-state index contributed by atoms with van der Waals surface area (Å²) in [4.78, 5) is 22.4. The first kappa shape index (κ1) is 14.0. The number of anilines is 1. The van der Waals surface area contributed by atoms with E-state index in [0.29, 0.717) is 6.54 Å². The number of nitrogen functional groups attached to an aromatic ring is 1. The summed E-state index contributed by atoms with van der Waals surface area (Å²) in [5.74, 6) is -0.505. The fourth-order valence-electron chi connectivity index (χ4n) is 1.79. The van der Waals surface area contributed by atoms with Gasteiger partial charge in [-0.2, -0.15) is 11.3 Å². The standard InChI is InChI=1S/C13H13N3O3S/c1-8-6-20-7-9(8)5-15-13(17)10-3-2-4-11(14)12(10)16(18)19/h2-4,6-7H,5,14H2,1H3,(H,15,17). The molecule has 0 atom stereocenters. The number of nitro groups is 1. The van der Waals surface area contributed by atoms with Gasteiger partial charge in [-0.3, -0.25) is 14.9 Å². The van der Waals surface area contributed by atoms with Crippen molar-refractivity contribution in [2.24, 2.45) is 0 Å². The van der Waals surface area contributed by atoms with E-state index in [1.165, 1.54) is 18.2 Å². The van der Waals surface area contributed by atoms with Gasteiger partial charge in [0.15, 0.2) is 0 Å². The van der Waals surface area contributed by atoms with Gasteiger partial charge in [-0.05, 0) is 40.9 Å². The number of nitrogens with zero attached hydrogens (tertiary/aromatic N) is 1. The van der Waals surface area contributed by atoms with Crippen molar-refractivity contribution in [2.75, 3.05) is 5.73 Å². The zero-order valence-corrected chi connectivity index (χ0v) is 11.6. The molecular weight excluding hydrogens is 278 g/mol. The highest BCUT2D eigenvalue weighted by molar-refractivity contribution is 7.08. The zero-order valence-electron chi connectivity index (χ0n) is 10.8. The number of para-hydroxylation sites is 1. The Morgan fingerprint density at radius 1 is 1.45 bits per heavy atom. The van der Waals surface area contributed by atoms with Gasteiger partial charge in [0, 0.05) is 6.54 Å². The average molecular weight is 291 g/mol. The van der Waals surface area contributed by atoms with Crippen LogP contribution in [0.1, 0.15) is 21.5 Å². The molecule has 20 heavy (non-hydrogen) atoms. The van der Waals surface area contributed by atoms with Crippen LogP contribution < -0.4 is 11.1 Å². The number of carbonyl (C=O) groups is 1. The number of aryl methyl sites for hydroxylation is 1. The van der Waals surface area contributed by atoms with E-state index < -0.39 is 10.8 Å². The van der Waals surface area contributed by atoms with Gasteiger partial charge < -0.3 is 11.1 Å². The highest BCUT2D eigenvalue weighted by Gasteiger charge is 2.22. The van der Waals surface area contributed by atoms with E-state index in [0.717, 1.165) is 11.1 Å². The number of nitro benzene ring substituents is 1. The van der Waals surface area contributed by atoms with Crippen LogP contribution in [-0.2, 0) is 6.54 Å². The lowest BCUT2D eigenvalue weighted by Crippen LogP contribution is -2.24. The van der Waals surface area contributed by atoms with Crippen molar-refractivity contribution in [2.45, 2.75) is 13.5 Å². The molecule has 1 aromatic heterocycles. The second kappa shape index (κ2) is 5.70. The molecule has 0 saturated carbocycles. The Kier molecular flexibility index (Phi) is 3.99. The van der Waals surface area contributed by atoms with E-state index >= 15 is 0 Å². The molecule has 0 aliphatic heterocycles. The molecule has 2 rings (SSSR count). The van der Waals surface area contributed by atoms with Crippen molar-refractivity contribution < 1.29 is 9.72 Å². The number of hydrogen-bond acceptors (Lipinski definition) is 5. The molecule has 1 amide bonds. The van der Waals surface area contributed by atoms with Crippen LogP contribution in [0.15, 0.2) is 29.0 Å². The molecule has 1 heterocycles. The molecule has 0 radical (unpaired) electrons. The molecule has 7 heteroatoms. The second-order valence-corrected chi connectivity index (χ2v) is 5.01. The molecule has 0 unspecified atom stereocenters. The lowest BCUT2D eigenvalue weighted by atomic mass is 10.1. The van der Waals surface area contributed by atoms with Crippen molar-refractivity contribution in [3.05, 3.63) is 55.8 Å². The van der Waals surface area contributed by atoms with Crippen LogP contribution in [0.25, 0.3) is 0 Å².